The maximum atomic E-state index is 13.5. The van der Waals surface area contributed by atoms with E-state index in [0.29, 0.717) is 31.0 Å². The van der Waals surface area contributed by atoms with Gasteiger partial charge in [0.25, 0.3) is 0 Å². The van der Waals surface area contributed by atoms with E-state index in [4.69, 9.17) is 16.3 Å². The van der Waals surface area contributed by atoms with Crippen LogP contribution in [-0.2, 0) is 22.6 Å². The fraction of sp³-hybridized carbons (Fsp3) is 0.310. The van der Waals surface area contributed by atoms with Gasteiger partial charge in [0.2, 0.25) is 11.8 Å². The van der Waals surface area contributed by atoms with Crippen molar-refractivity contribution in [2.24, 2.45) is 0 Å². The number of carbonyl (C=O) groups is 2. The molecule has 0 radical (unpaired) electrons. The number of ether oxygens (including phenoxy) is 1. The van der Waals surface area contributed by atoms with Crippen LogP contribution in [0.3, 0.4) is 0 Å². The minimum absolute atomic E-state index is 0.107. The summed E-state index contributed by atoms with van der Waals surface area (Å²) in [6, 6.07) is 24.4. The second kappa shape index (κ2) is 13.5. The molecule has 0 aliphatic heterocycles. The first-order valence-corrected chi connectivity index (χ1v) is 12.4. The minimum Gasteiger partial charge on any atom is -0.494 e. The zero-order valence-corrected chi connectivity index (χ0v) is 21.1. The molecule has 2 amide bonds. The predicted octanol–water partition coefficient (Wildman–Crippen LogP) is 5.58. The monoisotopic (exact) mass is 492 g/mol. The van der Waals surface area contributed by atoms with Crippen LogP contribution >= 0.6 is 11.6 Å². The maximum absolute atomic E-state index is 13.5. The van der Waals surface area contributed by atoms with Crippen LogP contribution in [0.15, 0.2) is 78.9 Å². The van der Waals surface area contributed by atoms with Gasteiger partial charge in [-0.3, -0.25) is 9.59 Å². The highest BCUT2D eigenvalue weighted by Crippen LogP contribution is 2.21. The lowest BCUT2D eigenvalue weighted by Gasteiger charge is -2.32. The fourth-order valence-electron chi connectivity index (χ4n) is 3.85. The zero-order chi connectivity index (χ0) is 25.0. The first-order valence-electron chi connectivity index (χ1n) is 12.0. The summed E-state index contributed by atoms with van der Waals surface area (Å²) >= 11 is 6.43. The van der Waals surface area contributed by atoms with Gasteiger partial charge in [0.15, 0.2) is 0 Å². The number of nitrogens with zero attached hydrogens (tertiary/aromatic N) is 1. The summed E-state index contributed by atoms with van der Waals surface area (Å²) in [7, 11) is 0. The number of carbonyl (C=O) groups excluding carboxylic acids is 2. The molecule has 0 aromatic heterocycles. The Bertz CT molecular complexity index is 1090. The molecule has 35 heavy (non-hydrogen) atoms. The molecule has 0 unspecified atom stereocenters. The summed E-state index contributed by atoms with van der Waals surface area (Å²) < 4.78 is 5.80. The Morgan fingerprint density at radius 2 is 1.66 bits per heavy atom. The van der Waals surface area contributed by atoms with Crippen LogP contribution in [0.2, 0.25) is 5.02 Å². The number of nitrogens with one attached hydrogen (secondary N) is 1. The Morgan fingerprint density at radius 3 is 2.34 bits per heavy atom. The highest BCUT2D eigenvalue weighted by Gasteiger charge is 2.30. The van der Waals surface area contributed by atoms with Gasteiger partial charge in [0.05, 0.1) is 6.61 Å². The summed E-state index contributed by atoms with van der Waals surface area (Å²) in [5.41, 5.74) is 2.96. The van der Waals surface area contributed by atoms with Crippen molar-refractivity contribution in [3.05, 3.63) is 101 Å². The lowest BCUT2D eigenvalue weighted by molar-refractivity contribution is -0.141. The van der Waals surface area contributed by atoms with Gasteiger partial charge in [0, 0.05) is 31.0 Å². The van der Waals surface area contributed by atoms with Crippen molar-refractivity contribution in [1.82, 2.24) is 10.2 Å². The molecule has 0 heterocycles. The Balaban J connectivity index is 1.77. The van der Waals surface area contributed by atoms with Gasteiger partial charge < -0.3 is 15.0 Å². The second-order valence-electron chi connectivity index (χ2n) is 8.48. The largest absolute Gasteiger partial charge is 0.494 e. The third kappa shape index (κ3) is 8.15. The smallest absolute Gasteiger partial charge is 0.243 e. The summed E-state index contributed by atoms with van der Waals surface area (Å²) in [4.78, 5) is 28.3. The highest BCUT2D eigenvalue weighted by molar-refractivity contribution is 6.31. The van der Waals surface area contributed by atoms with Crippen LogP contribution in [0.1, 0.15) is 36.5 Å². The van der Waals surface area contributed by atoms with Crippen LogP contribution in [0, 0.1) is 6.92 Å². The molecule has 3 aromatic carbocycles. The van der Waals surface area contributed by atoms with Gasteiger partial charge in [0.1, 0.15) is 11.8 Å². The Hall–Kier alpha value is -3.31. The van der Waals surface area contributed by atoms with E-state index in [1.165, 1.54) is 0 Å². The van der Waals surface area contributed by atoms with Crippen LogP contribution in [0.25, 0.3) is 0 Å². The van der Waals surface area contributed by atoms with E-state index < -0.39 is 6.04 Å². The molecule has 1 N–H and O–H groups in total. The molecule has 0 spiro atoms. The number of hydrogen-bond donors (Lipinski definition) is 1. The van der Waals surface area contributed by atoms with Crippen LogP contribution in [0.5, 0.6) is 5.75 Å². The van der Waals surface area contributed by atoms with Crippen LogP contribution in [0.4, 0.5) is 0 Å². The van der Waals surface area contributed by atoms with Gasteiger partial charge in [-0.15, -0.1) is 0 Å². The fourth-order valence-corrected chi connectivity index (χ4v) is 4.04. The number of halogens is 1. The second-order valence-corrected chi connectivity index (χ2v) is 8.89. The van der Waals surface area contributed by atoms with Gasteiger partial charge >= 0.3 is 0 Å². The first-order chi connectivity index (χ1) is 17.0. The molecular weight excluding hydrogens is 460 g/mol. The van der Waals surface area contributed by atoms with E-state index in [1.807, 2.05) is 86.6 Å². The number of rotatable bonds is 12. The van der Waals surface area contributed by atoms with Crippen molar-refractivity contribution in [2.45, 2.75) is 45.7 Å². The number of amides is 2. The summed E-state index contributed by atoms with van der Waals surface area (Å²) in [5, 5.41) is 3.48. The summed E-state index contributed by atoms with van der Waals surface area (Å²) in [5.74, 6) is 0.498. The van der Waals surface area contributed by atoms with Crippen molar-refractivity contribution < 1.29 is 14.3 Å². The molecule has 0 fully saturated rings. The Labute approximate surface area is 213 Å². The third-order valence-corrected chi connectivity index (χ3v) is 6.11. The molecule has 1 atom stereocenters. The Kier molecular flexibility index (Phi) is 10.2. The average Bonchev–Trinajstić information content (AvgIpc) is 2.86. The van der Waals surface area contributed by atoms with Gasteiger partial charge in [-0.05, 0) is 49.6 Å². The number of aryl methyl sites for hydroxylation is 1. The Morgan fingerprint density at radius 1 is 0.971 bits per heavy atom. The average molecular weight is 493 g/mol. The van der Waals surface area contributed by atoms with Crippen molar-refractivity contribution in [3.8, 4) is 5.75 Å². The van der Waals surface area contributed by atoms with E-state index in [2.05, 4.69) is 5.32 Å². The molecule has 0 aliphatic rings. The molecule has 0 saturated heterocycles. The van der Waals surface area contributed by atoms with E-state index in [-0.39, 0.29) is 24.8 Å². The minimum atomic E-state index is -0.654. The van der Waals surface area contributed by atoms with Crippen molar-refractivity contribution in [3.63, 3.8) is 0 Å². The standard InChI is InChI=1S/C29H33ClN2O3/c1-3-31-29(34)27(20-23-10-5-4-6-11-23)32(21-24-12-7-8-13-26(24)30)28(33)14-9-19-35-25-17-15-22(2)16-18-25/h4-8,10-13,15-18,27H,3,9,14,19-21H2,1-2H3,(H,31,34)/t27-/m0/s1. The highest BCUT2D eigenvalue weighted by atomic mass is 35.5. The molecule has 0 aliphatic carbocycles. The zero-order valence-electron chi connectivity index (χ0n) is 20.4. The topological polar surface area (TPSA) is 58.6 Å². The van der Waals surface area contributed by atoms with E-state index in [9.17, 15) is 9.59 Å². The van der Waals surface area contributed by atoms with Crippen LogP contribution < -0.4 is 10.1 Å². The molecular formula is C29H33ClN2O3. The maximum Gasteiger partial charge on any atom is 0.243 e. The molecule has 3 aromatic rings. The normalized spacial score (nSPS) is 11.5. The number of likely N-dealkylation sites (N-methyl/N-ethyl adjacent to an activating group) is 1. The molecule has 3 rings (SSSR count). The number of hydrogen-bond acceptors (Lipinski definition) is 3. The predicted molar refractivity (Wildman–Crippen MR) is 141 cm³/mol. The van der Waals surface area contributed by atoms with E-state index in [0.717, 1.165) is 22.4 Å². The molecule has 184 valence electrons. The van der Waals surface area contributed by atoms with E-state index >= 15 is 0 Å². The SMILES string of the molecule is CCNC(=O)[C@H](Cc1ccccc1)N(Cc1ccccc1Cl)C(=O)CCCOc1ccc(C)cc1. The first kappa shape index (κ1) is 26.3. The van der Waals surface area contributed by atoms with Gasteiger partial charge in [-0.1, -0.05) is 77.8 Å². The molecule has 0 bridgehead atoms. The van der Waals surface area contributed by atoms with E-state index in [1.54, 1.807) is 11.0 Å². The third-order valence-electron chi connectivity index (χ3n) is 5.75. The summed E-state index contributed by atoms with van der Waals surface area (Å²) in [6.07, 6.45) is 1.23. The summed E-state index contributed by atoms with van der Waals surface area (Å²) in [6.45, 7) is 5.06. The van der Waals surface area contributed by atoms with Crippen molar-refractivity contribution in [1.29, 1.82) is 0 Å². The molecule has 0 saturated carbocycles. The van der Waals surface area contributed by atoms with Gasteiger partial charge in [-0.2, -0.15) is 0 Å². The molecule has 6 heteroatoms. The molecule has 5 nitrogen and oxygen atoms in total. The van der Waals surface area contributed by atoms with Gasteiger partial charge in [-0.25, -0.2) is 0 Å². The lowest BCUT2D eigenvalue weighted by Crippen LogP contribution is -2.50. The van der Waals surface area contributed by atoms with Crippen molar-refractivity contribution in [2.75, 3.05) is 13.2 Å². The quantitative estimate of drug-likeness (QED) is 0.335. The number of benzene rings is 3. The van der Waals surface area contributed by atoms with Crippen molar-refractivity contribution >= 4 is 23.4 Å². The van der Waals surface area contributed by atoms with Crippen LogP contribution in [-0.4, -0.2) is 35.9 Å². The lowest BCUT2D eigenvalue weighted by atomic mass is 10.0.